The van der Waals surface area contributed by atoms with Gasteiger partial charge in [0.05, 0.1) is 17.2 Å². The number of sulfone groups is 1. The Morgan fingerprint density at radius 1 is 1.25 bits per heavy atom. The van der Waals surface area contributed by atoms with E-state index in [1.165, 1.54) is 0 Å². The van der Waals surface area contributed by atoms with Crippen molar-refractivity contribution in [1.82, 2.24) is 10.1 Å². The first-order valence-corrected chi connectivity index (χ1v) is 9.72. The smallest absolute Gasteiger partial charge is 0.344 e. The molecule has 1 atom stereocenters. The zero-order valence-electron chi connectivity index (χ0n) is 13.6. The zero-order valence-corrected chi connectivity index (χ0v) is 14.5. The SMILES string of the molecule is Cc1noc(C)c1C(=O)OCC(=O)N(C1CC1)[C@@H]1CCS(=O)(=O)C1. The van der Waals surface area contributed by atoms with E-state index in [9.17, 15) is 18.0 Å². The van der Waals surface area contributed by atoms with Crippen LogP contribution in [0.3, 0.4) is 0 Å². The number of carbonyl (C=O) groups is 2. The summed E-state index contributed by atoms with van der Waals surface area (Å²) in [5.74, 6) is -0.569. The van der Waals surface area contributed by atoms with E-state index in [0.717, 1.165) is 12.8 Å². The lowest BCUT2D eigenvalue weighted by Gasteiger charge is -2.28. The lowest BCUT2D eigenvalue weighted by atomic mass is 10.2. The van der Waals surface area contributed by atoms with Crippen LogP contribution in [-0.4, -0.2) is 60.5 Å². The highest BCUT2D eigenvalue weighted by atomic mass is 32.2. The van der Waals surface area contributed by atoms with Crippen LogP contribution < -0.4 is 0 Å². The highest BCUT2D eigenvalue weighted by Crippen LogP contribution is 2.32. The second kappa shape index (κ2) is 6.19. The maximum absolute atomic E-state index is 12.5. The number of hydrogen-bond donors (Lipinski definition) is 0. The van der Waals surface area contributed by atoms with Crippen molar-refractivity contribution < 1.29 is 27.3 Å². The van der Waals surface area contributed by atoms with Gasteiger partial charge < -0.3 is 14.2 Å². The predicted molar refractivity (Wildman–Crippen MR) is 83.2 cm³/mol. The number of nitrogens with zero attached hydrogens (tertiary/aromatic N) is 2. The van der Waals surface area contributed by atoms with E-state index < -0.39 is 22.4 Å². The maximum atomic E-state index is 12.5. The number of hydrogen-bond acceptors (Lipinski definition) is 7. The summed E-state index contributed by atoms with van der Waals surface area (Å²) in [6.07, 6.45) is 2.17. The van der Waals surface area contributed by atoms with Gasteiger partial charge in [-0.2, -0.15) is 0 Å². The normalized spacial score (nSPS) is 22.3. The topological polar surface area (TPSA) is 107 Å². The van der Waals surface area contributed by atoms with Crippen LogP contribution in [0, 0.1) is 13.8 Å². The Morgan fingerprint density at radius 3 is 2.46 bits per heavy atom. The van der Waals surface area contributed by atoms with Crippen molar-refractivity contribution in [3.63, 3.8) is 0 Å². The Hall–Kier alpha value is -1.90. The Morgan fingerprint density at radius 2 is 1.96 bits per heavy atom. The molecule has 1 saturated carbocycles. The molecule has 1 aromatic heterocycles. The summed E-state index contributed by atoms with van der Waals surface area (Å²) < 4.78 is 33.3. The lowest BCUT2D eigenvalue weighted by molar-refractivity contribution is -0.137. The number of amides is 1. The number of aromatic nitrogens is 1. The van der Waals surface area contributed by atoms with Crippen molar-refractivity contribution >= 4 is 21.7 Å². The standard InChI is InChI=1S/C15H20N2O6S/c1-9-14(10(2)23-16-9)15(19)22-7-13(18)17(11-3-4-11)12-5-6-24(20,21)8-12/h11-12H,3-8H2,1-2H3/t12-/m1/s1. The van der Waals surface area contributed by atoms with Crippen LogP contribution in [0.1, 0.15) is 41.1 Å². The third kappa shape index (κ3) is 3.45. The molecule has 2 fully saturated rings. The van der Waals surface area contributed by atoms with Gasteiger partial charge >= 0.3 is 5.97 Å². The molecule has 3 rings (SSSR count). The maximum Gasteiger partial charge on any atom is 0.344 e. The Labute approximate surface area is 140 Å². The van der Waals surface area contributed by atoms with Crippen molar-refractivity contribution in [2.75, 3.05) is 18.1 Å². The molecule has 0 unspecified atom stereocenters. The summed E-state index contributed by atoms with van der Waals surface area (Å²) in [7, 11) is -3.08. The van der Waals surface area contributed by atoms with Gasteiger partial charge in [-0.25, -0.2) is 13.2 Å². The van der Waals surface area contributed by atoms with Crippen LogP contribution in [0.15, 0.2) is 4.52 Å². The van der Waals surface area contributed by atoms with Gasteiger partial charge in [-0.1, -0.05) is 5.16 Å². The fourth-order valence-electron chi connectivity index (χ4n) is 3.10. The molecule has 0 aromatic carbocycles. The minimum atomic E-state index is -3.08. The molecule has 2 heterocycles. The molecule has 0 bridgehead atoms. The summed E-state index contributed by atoms with van der Waals surface area (Å²) in [6.45, 7) is 2.81. The van der Waals surface area contributed by atoms with E-state index in [1.54, 1.807) is 18.7 Å². The van der Waals surface area contributed by atoms with Gasteiger partial charge in [-0.3, -0.25) is 4.79 Å². The predicted octanol–water partition coefficient (Wildman–Crippen LogP) is 0.626. The van der Waals surface area contributed by atoms with E-state index in [4.69, 9.17) is 9.26 Å². The molecule has 1 saturated heterocycles. The van der Waals surface area contributed by atoms with Crippen molar-refractivity contribution in [2.24, 2.45) is 0 Å². The molecule has 1 amide bonds. The van der Waals surface area contributed by atoms with Crippen molar-refractivity contribution in [1.29, 1.82) is 0 Å². The van der Waals surface area contributed by atoms with Crippen LogP contribution in [0.2, 0.25) is 0 Å². The highest BCUT2D eigenvalue weighted by Gasteiger charge is 2.42. The largest absolute Gasteiger partial charge is 0.452 e. The zero-order chi connectivity index (χ0) is 17.5. The molecule has 0 spiro atoms. The van der Waals surface area contributed by atoms with E-state index in [2.05, 4.69) is 5.16 Å². The molecule has 1 aliphatic heterocycles. The average molecular weight is 356 g/mol. The fourth-order valence-corrected chi connectivity index (χ4v) is 4.81. The van der Waals surface area contributed by atoms with Crippen LogP contribution in [0.4, 0.5) is 0 Å². The Kier molecular flexibility index (Phi) is 4.37. The molecule has 0 N–H and O–H groups in total. The van der Waals surface area contributed by atoms with Crippen molar-refractivity contribution in [2.45, 2.75) is 45.2 Å². The van der Waals surface area contributed by atoms with Gasteiger partial charge in [0, 0.05) is 12.1 Å². The fraction of sp³-hybridized carbons (Fsp3) is 0.667. The highest BCUT2D eigenvalue weighted by molar-refractivity contribution is 7.91. The second-order valence-electron chi connectivity index (χ2n) is 6.36. The van der Waals surface area contributed by atoms with E-state index in [1.807, 2.05) is 0 Å². The molecule has 9 heteroatoms. The molecule has 0 radical (unpaired) electrons. The van der Waals surface area contributed by atoms with Gasteiger partial charge in [0.2, 0.25) is 0 Å². The quantitative estimate of drug-likeness (QED) is 0.712. The molecule has 1 aromatic rings. The van der Waals surface area contributed by atoms with Crippen molar-refractivity contribution in [3.8, 4) is 0 Å². The third-order valence-electron chi connectivity index (χ3n) is 4.39. The third-order valence-corrected chi connectivity index (χ3v) is 6.14. The van der Waals surface area contributed by atoms with Gasteiger partial charge in [0.15, 0.2) is 16.4 Å². The minimum absolute atomic E-state index is 0.00689. The molecule has 2 aliphatic rings. The molecule has 24 heavy (non-hydrogen) atoms. The van der Waals surface area contributed by atoms with Gasteiger partial charge in [-0.05, 0) is 33.1 Å². The minimum Gasteiger partial charge on any atom is -0.452 e. The Bertz CT molecular complexity index is 745. The van der Waals surface area contributed by atoms with E-state index >= 15 is 0 Å². The first kappa shape index (κ1) is 16.9. The first-order valence-electron chi connectivity index (χ1n) is 7.90. The molecular formula is C15H20N2O6S. The Balaban J connectivity index is 1.64. The number of aryl methyl sites for hydroxylation is 2. The summed E-state index contributed by atoms with van der Waals surface area (Å²) in [4.78, 5) is 26.2. The number of esters is 1. The van der Waals surface area contributed by atoms with Crippen LogP contribution in [0.5, 0.6) is 0 Å². The summed E-state index contributed by atoms with van der Waals surface area (Å²) in [5.41, 5.74) is 0.634. The second-order valence-corrected chi connectivity index (χ2v) is 8.59. The van der Waals surface area contributed by atoms with Crippen LogP contribution in [-0.2, 0) is 19.4 Å². The molecule has 132 valence electrons. The molecular weight excluding hydrogens is 336 g/mol. The summed E-state index contributed by atoms with van der Waals surface area (Å²) in [6, 6.07) is -0.249. The van der Waals surface area contributed by atoms with Crippen LogP contribution in [0.25, 0.3) is 0 Å². The monoisotopic (exact) mass is 356 g/mol. The van der Waals surface area contributed by atoms with Gasteiger partial charge in [-0.15, -0.1) is 0 Å². The number of ether oxygens (including phenoxy) is 1. The average Bonchev–Trinajstić information content (AvgIpc) is 3.19. The van der Waals surface area contributed by atoms with Gasteiger partial charge in [0.25, 0.3) is 5.91 Å². The number of carbonyl (C=O) groups excluding carboxylic acids is 2. The lowest BCUT2D eigenvalue weighted by Crippen LogP contribution is -2.44. The van der Waals surface area contributed by atoms with Crippen molar-refractivity contribution in [3.05, 3.63) is 17.0 Å². The summed E-state index contributed by atoms with van der Waals surface area (Å²) in [5, 5.41) is 3.68. The van der Waals surface area contributed by atoms with E-state index in [0.29, 0.717) is 17.9 Å². The van der Waals surface area contributed by atoms with Gasteiger partial charge in [0.1, 0.15) is 11.3 Å². The summed E-state index contributed by atoms with van der Waals surface area (Å²) >= 11 is 0. The first-order chi connectivity index (χ1) is 11.3. The molecule has 8 nitrogen and oxygen atoms in total. The van der Waals surface area contributed by atoms with Crippen LogP contribution >= 0.6 is 0 Å². The number of rotatable bonds is 5. The molecule has 1 aliphatic carbocycles. The van der Waals surface area contributed by atoms with E-state index in [-0.39, 0.29) is 35.1 Å².